The Balaban J connectivity index is 0.00000529. The molecule has 7 heteroatoms. The molecule has 0 aromatic heterocycles. The van der Waals surface area contributed by atoms with Gasteiger partial charge in [0, 0.05) is 26.2 Å². The average Bonchev–Trinajstić information content (AvgIpc) is 2.47. The lowest BCUT2D eigenvalue weighted by molar-refractivity contribution is 0.246. The molecule has 0 aliphatic carbocycles. The van der Waals surface area contributed by atoms with E-state index in [0.717, 1.165) is 32.2 Å². The first-order chi connectivity index (χ1) is 10.8. The van der Waals surface area contributed by atoms with Crippen molar-refractivity contribution in [1.82, 2.24) is 13.9 Å². The van der Waals surface area contributed by atoms with Crippen molar-refractivity contribution >= 4 is 22.6 Å². The second-order valence-corrected chi connectivity index (χ2v) is 9.60. The van der Waals surface area contributed by atoms with Crippen LogP contribution < -0.4 is 5.32 Å². The lowest BCUT2D eigenvalue weighted by Gasteiger charge is -2.35. The zero-order chi connectivity index (χ0) is 17.5. The van der Waals surface area contributed by atoms with E-state index in [0.29, 0.717) is 43.9 Å². The van der Waals surface area contributed by atoms with Gasteiger partial charge in [0.25, 0.3) is 10.2 Å². The molecule has 1 N–H and O–H groups in total. The molecule has 1 rings (SSSR count). The molecule has 0 spiro atoms. The molecule has 5 nitrogen and oxygen atoms in total. The molecular weight excluding hydrogens is 346 g/mol. The first-order valence-corrected chi connectivity index (χ1v) is 10.6. The summed E-state index contributed by atoms with van der Waals surface area (Å²) in [5.74, 6) is 1.65. The monoisotopic (exact) mass is 383 g/mol. The van der Waals surface area contributed by atoms with Crippen molar-refractivity contribution in [2.75, 3.05) is 39.8 Å². The molecule has 1 aliphatic heterocycles. The van der Waals surface area contributed by atoms with E-state index >= 15 is 0 Å². The summed E-state index contributed by atoms with van der Waals surface area (Å²) in [4.78, 5) is 0. The highest BCUT2D eigenvalue weighted by atomic mass is 35.5. The van der Waals surface area contributed by atoms with Crippen LogP contribution in [0.5, 0.6) is 0 Å². The molecule has 0 radical (unpaired) electrons. The van der Waals surface area contributed by atoms with Crippen molar-refractivity contribution in [3.63, 3.8) is 0 Å². The molecular formula is C17H38ClN3O2S. The fraction of sp³-hybridized carbons (Fsp3) is 1.00. The number of nitrogens with zero attached hydrogens (tertiary/aromatic N) is 2. The summed E-state index contributed by atoms with van der Waals surface area (Å²) in [6.45, 7) is 12.2. The minimum absolute atomic E-state index is 0. The summed E-state index contributed by atoms with van der Waals surface area (Å²) in [6.07, 6.45) is 3.77. The Labute approximate surface area is 156 Å². The molecule has 1 heterocycles. The summed E-state index contributed by atoms with van der Waals surface area (Å²) in [7, 11) is -1.35. The Bertz CT molecular complexity index is 410. The Morgan fingerprint density at radius 3 is 1.88 bits per heavy atom. The third kappa shape index (κ3) is 8.00. The third-order valence-corrected chi connectivity index (χ3v) is 6.67. The zero-order valence-electron chi connectivity index (χ0n) is 16.1. The van der Waals surface area contributed by atoms with Crippen LogP contribution in [0.3, 0.4) is 0 Å². The van der Waals surface area contributed by atoms with E-state index in [2.05, 4.69) is 33.0 Å². The highest BCUT2D eigenvalue weighted by molar-refractivity contribution is 7.86. The molecule has 0 atom stereocenters. The summed E-state index contributed by atoms with van der Waals surface area (Å²) < 4.78 is 29.5. The van der Waals surface area contributed by atoms with Gasteiger partial charge in [-0.05, 0) is 57.0 Å². The SMILES string of the molecule is CNCC1CCN(S(=O)(=O)N(CCC(C)C)CCC(C)C)CC1.Cl. The van der Waals surface area contributed by atoms with E-state index in [1.54, 1.807) is 8.61 Å². The molecule has 0 unspecified atom stereocenters. The van der Waals surface area contributed by atoms with Gasteiger partial charge in [-0.1, -0.05) is 27.7 Å². The van der Waals surface area contributed by atoms with Crippen molar-refractivity contribution in [3.8, 4) is 0 Å². The summed E-state index contributed by atoms with van der Waals surface area (Å²) in [5, 5.41) is 3.20. The molecule has 24 heavy (non-hydrogen) atoms. The van der Waals surface area contributed by atoms with E-state index in [4.69, 9.17) is 0 Å². The van der Waals surface area contributed by atoms with Gasteiger partial charge in [0.15, 0.2) is 0 Å². The first-order valence-electron chi connectivity index (χ1n) is 9.17. The second-order valence-electron chi connectivity index (χ2n) is 7.67. The van der Waals surface area contributed by atoms with Crippen molar-refractivity contribution in [2.24, 2.45) is 17.8 Å². The largest absolute Gasteiger partial charge is 0.319 e. The van der Waals surface area contributed by atoms with Crippen LogP contribution in [0.2, 0.25) is 0 Å². The highest BCUT2D eigenvalue weighted by Crippen LogP contribution is 2.22. The first kappa shape index (κ1) is 24.1. The maximum absolute atomic E-state index is 13.0. The number of rotatable bonds is 10. The molecule has 0 saturated carbocycles. The van der Waals surface area contributed by atoms with Gasteiger partial charge in [0.05, 0.1) is 0 Å². The number of nitrogens with one attached hydrogen (secondary N) is 1. The van der Waals surface area contributed by atoms with Crippen LogP contribution >= 0.6 is 12.4 Å². The molecule has 1 fully saturated rings. The summed E-state index contributed by atoms with van der Waals surface area (Å²) >= 11 is 0. The topological polar surface area (TPSA) is 52.7 Å². The normalized spacial score (nSPS) is 17.7. The second kappa shape index (κ2) is 11.7. The van der Waals surface area contributed by atoms with Crippen molar-refractivity contribution in [3.05, 3.63) is 0 Å². The fourth-order valence-corrected chi connectivity index (χ4v) is 4.61. The van der Waals surface area contributed by atoms with Crippen LogP contribution in [-0.2, 0) is 10.2 Å². The Morgan fingerprint density at radius 1 is 1.04 bits per heavy atom. The molecule has 1 aliphatic rings. The smallest absolute Gasteiger partial charge is 0.281 e. The minimum Gasteiger partial charge on any atom is -0.319 e. The Morgan fingerprint density at radius 2 is 1.50 bits per heavy atom. The van der Waals surface area contributed by atoms with E-state index in [9.17, 15) is 8.42 Å². The van der Waals surface area contributed by atoms with Gasteiger partial charge < -0.3 is 5.32 Å². The number of piperidine rings is 1. The quantitative estimate of drug-likeness (QED) is 0.630. The van der Waals surface area contributed by atoms with Crippen LogP contribution in [0.4, 0.5) is 0 Å². The predicted octanol–water partition coefficient (Wildman–Crippen LogP) is 2.98. The van der Waals surface area contributed by atoms with Crippen LogP contribution in [0.15, 0.2) is 0 Å². The lowest BCUT2D eigenvalue weighted by atomic mass is 9.98. The van der Waals surface area contributed by atoms with Crippen LogP contribution in [-0.4, -0.2) is 56.8 Å². The summed E-state index contributed by atoms with van der Waals surface area (Å²) in [5.41, 5.74) is 0. The Kier molecular flexibility index (Phi) is 11.7. The summed E-state index contributed by atoms with van der Waals surface area (Å²) in [6, 6.07) is 0. The van der Waals surface area contributed by atoms with Gasteiger partial charge in [0.1, 0.15) is 0 Å². The third-order valence-electron chi connectivity index (χ3n) is 4.63. The van der Waals surface area contributed by atoms with Gasteiger partial charge in [-0.3, -0.25) is 0 Å². The molecule has 1 saturated heterocycles. The number of hydrogen-bond acceptors (Lipinski definition) is 3. The molecule has 146 valence electrons. The minimum atomic E-state index is -3.31. The standard InChI is InChI=1S/C17H37N3O2S.ClH/c1-15(2)6-10-19(11-7-16(3)4)23(21,22)20-12-8-17(9-13-20)14-18-5;/h15-18H,6-14H2,1-5H3;1H. The van der Waals surface area contributed by atoms with Crippen LogP contribution in [0.1, 0.15) is 53.4 Å². The van der Waals surface area contributed by atoms with Crippen molar-refractivity contribution in [1.29, 1.82) is 0 Å². The van der Waals surface area contributed by atoms with E-state index in [1.807, 2.05) is 7.05 Å². The predicted molar refractivity (Wildman–Crippen MR) is 105 cm³/mol. The van der Waals surface area contributed by atoms with Gasteiger partial charge in [0.2, 0.25) is 0 Å². The lowest BCUT2D eigenvalue weighted by Crippen LogP contribution is -2.48. The molecule has 0 amide bonds. The molecule has 0 aromatic rings. The number of halogens is 1. The maximum Gasteiger partial charge on any atom is 0.281 e. The zero-order valence-corrected chi connectivity index (χ0v) is 17.8. The van der Waals surface area contributed by atoms with Crippen molar-refractivity contribution in [2.45, 2.75) is 53.4 Å². The van der Waals surface area contributed by atoms with E-state index in [-0.39, 0.29) is 12.4 Å². The molecule has 0 bridgehead atoms. The maximum atomic E-state index is 13.0. The number of hydrogen-bond donors (Lipinski definition) is 1. The van der Waals surface area contributed by atoms with Crippen LogP contribution in [0, 0.1) is 17.8 Å². The van der Waals surface area contributed by atoms with E-state index < -0.39 is 10.2 Å². The van der Waals surface area contributed by atoms with Crippen LogP contribution in [0.25, 0.3) is 0 Å². The molecule has 0 aromatic carbocycles. The van der Waals surface area contributed by atoms with Gasteiger partial charge in [-0.25, -0.2) is 0 Å². The van der Waals surface area contributed by atoms with E-state index in [1.165, 1.54) is 0 Å². The van der Waals surface area contributed by atoms with Gasteiger partial charge >= 0.3 is 0 Å². The average molecular weight is 384 g/mol. The fourth-order valence-electron chi connectivity index (χ4n) is 2.94. The Hall–Kier alpha value is 0.120. The van der Waals surface area contributed by atoms with Gasteiger partial charge in [-0.15, -0.1) is 12.4 Å². The highest BCUT2D eigenvalue weighted by Gasteiger charge is 2.32. The van der Waals surface area contributed by atoms with Crippen molar-refractivity contribution < 1.29 is 8.42 Å². The van der Waals surface area contributed by atoms with Gasteiger partial charge in [-0.2, -0.15) is 17.0 Å².